The Balaban J connectivity index is 3.76. The second-order valence-corrected chi connectivity index (χ2v) is 6.62. The lowest BCUT2D eigenvalue weighted by Crippen LogP contribution is -2.31. The Morgan fingerprint density at radius 3 is 2.41 bits per heavy atom. The predicted molar refractivity (Wildman–Crippen MR) is 65.9 cm³/mol. The molecule has 0 fully saturated rings. The molecule has 3 N–H and O–H groups in total. The number of nitrogens with two attached hydrogens (primary N) is 1. The number of hydrogen-bond donors (Lipinski definition) is 2. The van der Waals surface area contributed by atoms with Crippen molar-refractivity contribution in [2.75, 3.05) is 18.8 Å². The van der Waals surface area contributed by atoms with Gasteiger partial charge in [-0.1, -0.05) is 0 Å². The van der Waals surface area contributed by atoms with Crippen molar-refractivity contribution in [1.82, 2.24) is 4.72 Å². The highest BCUT2D eigenvalue weighted by Gasteiger charge is 2.16. The van der Waals surface area contributed by atoms with E-state index in [0.29, 0.717) is 6.42 Å². The fourth-order valence-corrected chi connectivity index (χ4v) is 1.99. The number of hydrogen-bond acceptors (Lipinski definition) is 5. The number of esters is 1. The molecule has 6 nitrogen and oxygen atoms in total. The van der Waals surface area contributed by atoms with Crippen LogP contribution in [0.3, 0.4) is 0 Å². The lowest BCUT2D eigenvalue weighted by Gasteiger charge is -2.19. The standard InChI is InChI=1S/C10H22N2O4S/c1-10(2,3)16-9(13)5-4-7-12-17(14,15)8-6-11/h12H,4-8,11H2,1-3H3. The van der Waals surface area contributed by atoms with Gasteiger partial charge in [0.25, 0.3) is 0 Å². The highest BCUT2D eigenvalue weighted by molar-refractivity contribution is 7.89. The molecule has 0 saturated carbocycles. The van der Waals surface area contributed by atoms with Gasteiger partial charge in [0.1, 0.15) is 5.60 Å². The van der Waals surface area contributed by atoms with Crippen LogP contribution in [0.15, 0.2) is 0 Å². The molecule has 0 unspecified atom stereocenters. The van der Waals surface area contributed by atoms with Crippen molar-refractivity contribution >= 4 is 16.0 Å². The van der Waals surface area contributed by atoms with E-state index in [1.165, 1.54) is 0 Å². The van der Waals surface area contributed by atoms with Gasteiger partial charge in [-0.15, -0.1) is 0 Å². The van der Waals surface area contributed by atoms with Crippen LogP contribution in [-0.2, 0) is 19.6 Å². The lowest BCUT2D eigenvalue weighted by atomic mass is 10.2. The molecule has 0 radical (unpaired) electrons. The number of sulfonamides is 1. The molecule has 0 aliphatic carbocycles. The summed E-state index contributed by atoms with van der Waals surface area (Å²) in [5.41, 5.74) is 4.64. The molecule has 0 aliphatic heterocycles. The topological polar surface area (TPSA) is 98.5 Å². The van der Waals surface area contributed by atoms with Crippen molar-refractivity contribution in [2.45, 2.75) is 39.2 Å². The molecule has 17 heavy (non-hydrogen) atoms. The SMILES string of the molecule is CC(C)(C)OC(=O)CCCNS(=O)(=O)CCN. The van der Waals surface area contributed by atoms with Gasteiger partial charge >= 0.3 is 5.97 Å². The predicted octanol–water partition coefficient (Wildman–Crippen LogP) is -0.0136. The Labute approximate surface area is 103 Å². The third kappa shape index (κ3) is 10.2. The lowest BCUT2D eigenvalue weighted by molar-refractivity contribution is -0.154. The van der Waals surface area contributed by atoms with Crippen LogP contribution < -0.4 is 10.5 Å². The van der Waals surface area contributed by atoms with Crippen molar-refractivity contribution in [2.24, 2.45) is 5.73 Å². The zero-order valence-electron chi connectivity index (χ0n) is 10.7. The molecule has 0 atom stereocenters. The summed E-state index contributed by atoms with van der Waals surface area (Å²) in [6, 6.07) is 0. The van der Waals surface area contributed by atoms with Crippen LogP contribution in [0, 0.1) is 0 Å². The first kappa shape index (κ1) is 16.3. The first-order valence-corrected chi connectivity index (χ1v) is 7.21. The Kier molecular flexibility index (Phi) is 6.66. The quantitative estimate of drug-likeness (QED) is 0.498. The van der Waals surface area contributed by atoms with Gasteiger partial charge < -0.3 is 10.5 Å². The van der Waals surface area contributed by atoms with Gasteiger partial charge in [0.2, 0.25) is 10.0 Å². The molecule has 102 valence electrons. The number of ether oxygens (including phenoxy) is 1. The molecule has 0 saturated heterocycles. The second kappa shape index (κ2) is 6.93. The highest BCUT2D eigenvalue weighted by atomic mass is 32.2. The smallest absolute Gasteiger partial charge is 0.306 e. The van der Waals surface area contributed by atoms with E-state index in [4.69, 9.17) is 10.5 Å². The van der Waals surface area contributed by atoms with Gasteiger partial charge in [-0.2, -0.15) is 0 Å². The minimum atomic E-state index is -3.29. The molecular formula is C10H22N2O4S. The maximum atomic E-state index is 11.3. The number of carbonyl (C=O) groups excluding carboxylic acids is 1. The Morgan fingerprint density at radius 1 is 1.35 bits per heavy atom. The zero-order chi connectivity index (χ0) is 13.5. The first-order chi connectivity index (χ1) is 7.66. The van der Waals surface area contributed by atoms with Crippen LogP contribution in [0.25, 0.3) is 0 Å². The molecule has 7 heteroatoms. The fraction of sp³-hybridized carbons (Fsp3) is 0.900. The van der Waals surface area contributed by atoms with Crippen LogP contribution in [0.2, 0.25) is 0 Å². The van der Waals surface area contributed by atoms with Gasteiger partial charge in [0.05, 0.1) is 5.75 Å². The van der Waals surface area contributed by atoms with Crippen LogP contribution in [0.5, 0.6) is 0 Å². The van der Waals surface area contributed by atoms with E-state index in [1.807, 2.05) is 0 Å². The van der Waals surface area contributed by atoms with Crippen LogP contribution >= 0.6 is 0 Å². The maximum absolute atomic E-state index is 11.3. The van der Waals surface area contributed by atoms with Gasteiger partial charge in [-0.3, -0.25) is 4.79 Å². The molecule has 0 heterocycles. The molecular weight excluding hydrogens is 244 g/mol. The largest absolute Gasteiger partial charge is 0.460 e. The van der Waals surface area contributed by atoms with E-state index < -0.39 is 15.6 Å². The summed E-state index contributed by atoms with van der Waals surface area (Å²) in [4.78, 5) is 11.3. The van der Waals surface area contributed by atoms with Crippen LogP contribution in [-0.4, -0.2) is 38.8 Å². The second-order valence-electron chi connectivity index (χ2n) is 4.69. The van der Waals surface area contributed by atoms with Crippen LogP contribution in [0.1, 0.15) is 33.6 Å². The molecule has 0 aromatic carbocycles. The summed E-state index contributed by atoms with van der Waals surface area (Å²) in [7, 11) is -3.29. The third-order valence-corrected chi connectivity index (χ3v) is 3.10. The third-order valence-electron chi connectivity index (χ3n) is 1.69. The van der Waals surface area contributed by atoms with Gasteiger partial charge in [-0.05, 0) is 27.2 Å². The van der Waals surface area contributed by atoms with E-state index in [2.05, 4.69) is 4.72 Å². The monoisotopic (exact) mass is 266 g/mol. The van der Waals surface area contributed by atoms with Crippen molar-refractivity contribution in [3.63, 3.8) is 0 Å². The summed E-state index contributed by atoms with van der Waals surface area (Å²) in [6.45, 7) is 5.67. The summed E-state index contributed by atoms with van der Waals surface area (Å²) in [5, 5.41) is 0. The Morgan fingerprint density at radius 2 is 1.94 bits per heavy atom. The summed E-state index contributed by atoms with van der Waals surface area (Å²) in [6.07, 6.45) is 0.612. The highest BCUT2D eigenvalue weighted by Crippen LogP contribution is 2.08. The fourth-order valence-electron chi connectivity index (χ4n) is 1.08. The Bertz CT molecular complexity index is 333. The summed E-state index contributed by atoms with van der Waals surface area (Å²) in [5.74, 6) is -0.421. The minimum Gasteiger partial charge on any atom is -0.460 e. The van der Waals surface area contributed by atoms with Gasteiger partial charge in [-0.25, -0.2) is 13.1 Å². The minimum absolute atomic E-state index is 0.0847. The molecule has 0 aliphatic rings. The zero-order valence-corrected chi connectivity index (χ0v) is 11.5. The van der Waals surface area contributed by atoms with Crippen molar-refractivity contribution in [3.8, 4) is 0 Å². The number of nitrogens with one attached hydrogen (secondary N) is 1. The van der Waals surface area contributed by atoms with Crippen LogP contribution in [0.4, 0.5) is 0 Å². The average Bonchev–Trinajstić information content (AvgIpc) is 2.09. The molecule has 0 rings (SSSR count). The van der Waals surface area contributed by atoms with Gasteiger partial charge in [0.15, 0.2) is 0 Å². The number of rotatable bonds is 7. The van der Waals surface area contributed by atoms with E-state index in [1.54, 1.807) is 20.8 Å². The molecule has 0 bridgehead atoms. The van der Waals surface area contributed by atoms with Crippen molar-refractivity contribution in [1.29, 1.82) is 0 Å². The van der Waals surface area contributed by atoms with E-state index in [0.717, 1.165) is 0 Å². The first-order valence-electron chi connectivity index (χ1n) is 5.55. The molecule has 0 spiro atoms. The average molecular weight is 266 g/mol. The normalized spacial score (nSPS) is 12.5. The van der Waals surface area contributed by atoms with Crippen molar-refractivity contribution in [3.05, 3.63) is 0 Å². The molecule has 0 aromatic heterocycles. The van der Waals surface area contributed by atoms with Gasteiger partial charge in [0, 0.05) is 19.5 Å². The molecule has 0 aromatic rings. The molecule has 0 amide bonds. The summed E-state index contributed by atoms with van der Waals surface area (Å²) >= 11 is 0. The Hall–Kier alpha value is -0.660. The van der Waals surface area contributed by atoms with E-state index in [-0.39, 0.29) is 31.2 Å². The van der Waals surface area contributed by atoms with E-state index in [9.17, 15) is 13.2 Å². The number of carbonyl (C=O) groups is 1. The maximum Gasteiger partial charge on any atom is 0.306 e. The van der Waals surface area contributed by atoms with Crippen molar-refractivity contribution < 1.29 is 17.9 Å². The van der Waals surface area contributed by atoms with E-state index >= 15 is 0 Å². The summed E-state index contributed by atoms with van der Waals surface area (Å²) < 4.78 is 29.8.